The zero-order chi connectivity index (χ0) is 10.8. The number of hydrogen-bond acceptors (Lipinski definition) is 3. The molecule has 2 aromatic heterocycles. The quantitative estimate of drug-likeness (QED) is 0.724. The van der Waals surface area contributed by atoms with Gasteiger partial charge in [-0.15, -0.1) is 11.3 Å². The number of H-pyrrole nitrogens is 1. The first-order valence-corrected chi connectivity index (χ1v) is 6.00. The van der Waals surface area contributed by atoms with Crippen molar-refractivity contribution in [1.82, 2.24) is 10.2 Å². The summed E-state index contributed by atoms with van der Waals surface area (Å²) in [6.07, 6.45) is 1.77. The summed E-state index contributed by atoms with van der Waals surface area (Å²) in [5.74, 6) is 0. The minimum Gasteiger partial charge on any atom is -0.378 e. The second-order valence-electron chi connectivity index (χ2n) is 3.58. The van der Waals surface area contributed by atoms with Crippen LogP contribution < -0.4 is 5.32 Å². The largest absolute Gasteiger partial charge is 0.378 e. The average molecular weight is 229 g/mol. The van der Waals surface area contributed by atoms with Crippen molar-refractivity contribution in [3.05, 3.63) is 47.6 Å². The van der Waals surface area contributed by atoms with E-state index in [0.29, 0.717) is 0 Å². The third kappa shape index (κ3) is 1.67. The summed E-state index contributed by atoms with van der Waals surface area (Å²) in [4.78, 5) is 0. The molecule has 0 saturated carbocycles. The zero-order valence-electron chi connectivity index (χ0n) is 8.60. The molecule has 80 valence electrons. The van der Waals surface area contributed by atoms with E-state index in [1.54, 1.807) is 17.5 Å². The molecule has 0 atom stereocenters. The topological polar surface area (TPSA) is 40.7 Å². The fourth-order valence-electron chi connectivity index (χ4n) is 1.71. The van der Waals surface area contributed by atoms with Crippen molar-refractivity contribution in [3.63, 3.8) is 0 Å². The summed E-state index contributed by atoms with van der Waals surface area (Å²) in [6, 6.07) is 10.4. The Morgan fingerprint density at radius 3 is 3.12 bits per heavy atom. The highest BCUT2D eigenvalue weighted by Gasteiger charge is 2.01. The van der Waals surface area contributed by atoms with Gasteiger partial charge in [-0.3, -0.25) is 5.10 Å². The average Bonchev–Trinajstić information content (AvgIpc) is 2.97. The third-order valence-corrected chi connectivity index (χ3v) is 3.47. The molecule has 0 aliphatic heterocycles. The highest BCUT2D eigenvalue weighted by molar-refractivity contribution is 7.17. The van der Waals surface area contributed by atoms with Crippen LogP contribution in [0.3, 0.4) is 0 Å². The first-order valence-electron chi connectivity index (χ1n) is 5.12. The lowest BCUT2D eigenvalue weighted by atomic mass is 10.2. The van der Waals surface area contributed by atoms with Gasteiger partial charge in [0.15, 0.2) is 0 Å². The zero-order valence-corrected chi connectivity index (χ0v) is 9.42. The van der Waals surface area contributed by atoms with Crippen molar-refractivity contribution in [2.75, 3.05) is 5.32 Å². The molecule has 2 heterocycles. The molecule has 0 radical (unpaired) electrons. The van der Waals surface area contributed by atoms with Crippen molar-refractivity contribution < 1.29 is 0 Å². The maximum Gasteiger partial charge on any atom is 0.0574 e. The molecule has 16 heavy (non-hydrogen) atoms. The van der Waals surface area contributed by atoms with Crippen LogP contribution in [0.15, 0.2) is 41.9 Å². The number of benzene rings is 1. The summed E-state index contributed by atoms with van der Waals surface area (Å²) in [5, 5.41) is 13.7. The van der Waals surface area contributed by atoms with E-state index >= 15 is 0 Å². The number of fused-ring (bicyclic) bond motifs is 1. The van der Waals surface area contributed by atoms with Gasteiger partial charge in [0, 0.05) is 6.20 Å². The van der Waals surface area contributed by atoms with Gasteiger partial charge in [-0.25, -0.2) is 0 Å². The van der Waals surface area contributed by atoms with Crippen molar-refractivity contribution in [2.24, 2.45) is 0 Å². The molecule has 0 amide bonds. The van der Waals surface area contributed by atoms with Gasteiger partial charge in [0.25, 0.3) is 0 Å². The molecule has 0 aliphatic rings. The highest BCUT2D eigenvalue weighted by Crippen LogP contribution is 2.28. The van der Waals surface area contributed by atoms with Crippen LogP contribution in [-0.2, 0) is 6.54 Å². The summed E-state index contributed by atoms with van der Waals surface area (Å²) in [6.45, 7) is 0.775. The molecule has 3 nitrogen and oxygen atoms in total. The molecule has 4 heteroatoms. The van der Waals surface area contributed by atoms with E-state index in [1.165, 1.54) is 15.8 Å². The van der Waals surface area contributed by atoms with Crippen LogP contribution in [-0.4, -0.2) is 10.2 Å². The van der Waals surface area contributed by atoms with Gasteiger partial charge in [0.1, 0.15) is 0 Å². The Hall–Kier alpha value is -1.81. The Morgan fingerprint density at radius 1 is 1.25 bits per heavy atom. The second kappa shape index (κ2) is 3.98. The molecule has 3 aromatic rings. The normalized spacial score (nSPS) is 10.8. The monoisotopic (exact) mass is 229 g/mol. The fourth-order valence-corrected chi connectivity index (χ4v) is 2.60. The van der Waals surface area contributed by atoms with Gasteiger partial charge in [-0.2, -0.15) is 5.10 Å². The maximum atomic E-state index is 3.92. The number of nitrogens with one attached hydrogen (secondary N) is 2. The van der Waals surface area contributed by atoms with E-state index < -0.39 is 0 Å². The Labute approximate surface area is 97.1 Å². The molecular formula is C12H11N3S. The second-order valence-corrected chi connectivity index (χ2v) is 4.50. The lowest BCUT2D eigenvalue weighted by Gasteiger charge is -2.05. The van der Waals surface area contributed by atoms with Crippen LogP contribution in [0.1, 0.15) is 5.69 Å². The maximum absolute atomic E-state index is 3.92. The van der Waals surface area contributed by atoms with E-state index in [9.17, 15) is 0 Å². The molecule has 0 spiro atoms. The van der Waals surface area contributed by atoms with Crippen LogP contribution in [0, 0.1) is 0 Å². The Bertz CT molecular complexity index is 583. The molecule has 0 fully saturated rings. The minimum atomic E-state index is 0.775. The van der Waals surface area contributed by atoms with Gasteiger partial charge in [0.05, 0.1) is 22.6 Å². The van der Waals surface area contributed by atoms with Crippen LogP contribution in [0.4, 0.5) is 5.69 Å². The molecule has 0 aliphatic carbocycles. The number of aromatic amines is 1. The van der Waals surface area contributed by atoms with E-state index in [0.717, 1.165) is 12.2 Å². The number of anilines is 1. The standard InChI is InChI=1S/C12H11N3S/c1-2-9-5-7-16-12(9)11(3-1)13-8-10-4-6-14-15-10/h1-7,13H,8H2,(H,14,15). The molecule has 0 saturated heterocycles. The number of rotatable bonds is 3. The van der Waals surface area contributed by atoms with Crippen molar-refractivity contribution in [3.8, 4) is 0 Å². The molecule has 0 bridgehead atoms. The SMILES string of the molecule is c1cc(NCc2ccn[nH]2)c2sccc2c1. The van der Waals surface area contributed by atoms with E-state index in [4.69, 9.17) is 0 Å². The summed E-state index contributed by atoms with van der Waals surface area (Å²) < 4.78 is 1.31. The predicted octanol–water partition coefficient (Wildman–Crippen LogP) is 3.24. The predicted molar refractivity (Wildman–Crippen MR) is 67.7 cm³/mol. The Morgan fingerprint density at radius 2 is 2.25 bits per heavy atom. The van der Waals surface area contributed by atoms with Crippen molar-refractivity contribution >= 4 is 27.1 Å². The van der Waals surface area contributed by atoms with Crippen molar-refractivity contribution in [2.45, 2.75) is 6.54 Å². The number of aromatic nitrogens is 2. The number of thiophene rings is 1. The minimum absolute atomic E-state index is 0.775. The Balaban J connectivity index is 1.86. The summed E-state index contributed by atoms with van der Waals surface area (Å²) >= 11 is 1.76. The lowest BCUT2D eigenvalue weighted by molar-refractivity contribution is 0.983. The van der Waals surface area contributed by atoms with Crippen LogP contribution >= 0.6 is 11.3 Å². The number of hydrogen-bond donors (Lipinski definition) is 2. The molecule has 0 unspecified atom stereocenters. The van der Waals surface area contributed by atoms with E-state index in [-0.39, 0.29) is 0 Å². The van der Waals surface area contributed by atoms with Crippen LogP contribution in [0.25, 0.3) is 10.1 Å². The first-order chi connectivity index (χ1) is 7.93. The van der Waals surface area contributed by atoms with Gasteiger partial charge < -0.3 is 5.32 Å². The van der Waals surface area contributed by atoms with Crippen LogP contribution in [0.2, 0.25) is 0 Å². The van der Waals surface area contributed by atoms with Crippen LogP contribution in [0.5, 0.6) is 0 Å². The van der Waals surface area contributed by atoms with Gasteiger partial charge >= 0.3 is 0 Å². The molecule has 1 aromatic carbocycles. The summed E-state index contributed by atoms with van der Waals surface area (Å²) in [5.41, 5.74) is 2.27. The Kier molecular flexibility index (Phi) is 2.34. The highest BCUT2D eigenvalue weighted by atomic mass is 32.1. The first kappa shape index (κ1) is 9.42. The van der Waals surface area contributed by atoms with Gasteiger partial charge in [-0.05, 0) is 29.0 Å². The fraction of sp³-hybridized carbons (Fsp3) is 0.0833. The number of nitrogens with zero attached hydrogens (tertiary/aromatic N) is 1. The summed E-state index contributed by atoms with van der Waals surface area (Å²) in [7, 11) is 0. The van der Waals surface area contributed by atoms with E-state index in [2.05, 4.69) is 45.2 Å². The molecular weight excluding hydrogens is 218 g/mol. The lowest BCUT2D eigenvalue weighted by Crippen LogP contribution is -1.99. The molecule has 3 rings (SSSR count). The van der Waals surface area contributed by atoms with Gasteiger partial charge in [0.2, 0.25) is 0 Å². The third-order valence-electron chi connectivity index (χ3n) is 2.51. The van der Waals surface area contributed by atoms with Crippen molar-refractivity contribution in [1.29, 1.82) is 0 Å². The van der Waals surface area contributed by atoms with Gasteiger partial charge in [-0.1, -0.05) is 12.1 Å². The van der Waals surface area contributed by atoms with E-state index in [1.807, 2.05) is 6.07 Å². The molecule has 2 N–H and O–H groups in total. The smallest absolute Gasteiger partial charge is 0.0574 e.